The molecule has 254 valence electrons. The Balaban J connectivity index is 0.00000255. The van der Waals surface area contributed by atoms with Crippen LogP contribution in [0.1, 0.15) is 11.1 Å². The van der Waals surface area contributed by atoms with Crippen LogP contribution in [0.15, 0.2) is 115 Å². The summed E-state index contributed by atoms with van der Waals surface area (Å²) in [5, 5.41) is 5.58. The van der Waals surface area contributed by atoms with E-state index in [-0.39, 0.29) is 0 Å². The minimum atomic E-state index is -0.592. The summed E-state index contributed by atoms with van der Waals surface area (Å²) in [4.78, 5) is 8.65. The van der Waals surface area contributed by atoms with E-state index in [2.05, 4.69) is 225 Å². The molecule has 0 atom stereocenters. The van der Waals surface area contributed by atoms with Crippen molar-refractivity contribution in [1.82, 2.24) is 0 Å². The van der Waals surface area contributed by atoms with Crippen LogP contribution in [0.4, 0.5) is 22.7 Å². The van der Waals surface area contributed by atoms with Crippen molar-refractivity contribution in [3.05, 3.63) is 132 Å². The Morgan fingerprint density at radius 1 is 0.438 bits per heavy atom. The van der Waals surface area contributed by atoms with Crippen molar-refractivity contribution in [2.24, 2.45) is 0 Å². The summed E-state index contributed by atoms with van der Waals surface area (Å²) < 4.78 is 0. The minimum absolute atomic E-state index is 0.592. The van der Waals surface area contributed by atoms with Gasteiger partial charge in [0.05, 0.1) is 0 Å². The summed E-state index contributed by atoms with van der Waals surface area (Å²) in [7, 11) is 20.1. The van der Waals surface area contributed by atoms with Gasteiger partial charge in [0.15, 0.2) is 0 Å². The van der Waals surface area contributed by atoms with E-state index >= 15 is 0 Å². The molecular formula is C40H47ClN4P2Pd. The fourth-order valence-corrected chi connectivity index (χ4v) is 9.97. The molecule has 5 rings (SSSR count). The number of anilines is 4. The van der Waals surface area contributed by atoms with Crippen molar-refractivity contribution in [2.75, 3.05) is 76.0 Å². The van der Waals surface area contributed by atoms with Gasteiger partial charge in [0, 0.05) is 79.1 Å². The fraction of sp³-hybridized carbons (Fsp3) is 0.250. The van der Waals surface area contributed by atoms with E-state index in [0.29, 0.717) is 0 Å². The molecule has 8 heteroatoms. The van der Waals surface area contributed by atoms with Gasteiger partial charge in [0.1, 0.15) is 0 Å². The zero-order valence-corrected chi connectivity index (χ0v) is 33.4. The summed E-state index contributed by atoms with van der Waals surface area (Å²) in [5.74, 6) is 0. The molecule has 0 fully saturated rings. The van der Waals surface area contributed by atoms with E-state index in [1.54, 1.807) is 0 Å². The van der Waals surface area contributed by atoms with Gasteiger partial charge in [0.25, 0.3) is 0 Å². The van der Waals surface area contributed by atoms with Crippen molar-refractivity contribution < 1.29 is 18.2 Å². The van der Waals surface area contributed by atoms with Crippen LogP contribution in [-0.2, 0) is 30.5 Å². The first-order valence-corrected chi connectivity index (χ1v) is 20.9. The first-order chi connectivity index (χ1) is 23.1. The molecule has 0 saturated heterocycles. The van der Waals surface area contributed by atoms with Crippen LogP contribution in [0.2, 0.25) is 0 Å². The molecule has 0 radical (unpaired) electrons. The molecule has 0 aliphatic carbocycles. The zero-order valence-electron chi connectivity index (χ0n) is 29.3. The summed E-state index contributed by atoms with van der Waals surface area (Å²) >= 11 is 2.22. The van der Waals surface area contributed by atoms with Crippen molar-refractivity contribution in [1.29, 1.82) is 0 Å². The second-order valence-corrected chi connectivity index (χ2v) is 17.0. The SMILES string of the molecule is CN(C)c1ccc(P(Cc2c[c-]cc(CP(c3ccc(N(C)C)cc3)c3ccc(N(C)C)cc3)c2)c2ccc(N(C)C)cc2)cc1.[Cl][Pd+]. The van der Waals surface area contributed by atoms with E-state index in [0.717, 1.165) is 12.3 Å². The zero-order chi connectivity index (χ0) is 34.8. The predicted octanol–water partition coefficient (Wildman–Crippen LogP) is 7.70. The van der Waals surface area contributed by atoms with Crippen LogP contribution in [0, 0.1) is 6.07 Å². The van der Waals surface area contributed by atoms with Crippen LogP contribution in [0.3, 0.4) is 0 Å². The number of hydrogen-bond donors (Lipinski definition) is 0. The third-order valence-corrected chi connectivity index (χ3v) is 13.3. The van der Waals surface area contributed by atoms with Gasteiger partial charge in [-0.2, -0.15) is 35.4 Å². The van der Waals surface area contributed by atoms with Gasteiger partial charge in [-0.05, 0) is 82.1 Å². The molecule has 0 aliphatic heterocycles. The molecule has 0 N–H and O–H groups in total. The van der Waals surface area contributed by atoms with Crippen LogP contribution in [-0.4, -0.2) is 56.4 Å². The number of nitrogens with zero attached hydrogens (tertiary/aromatic N) is 4. The average molecular weight is 788 g/mol. The Kier molecular flexibility index (Phi) is 14.4. The Labute approximate surface area is 306 Å². The van der Waals surface area contributed by atoms with Gasteiger partial charge in [-0.25, -0.2) is 0 Å². The molecular weight excluding hydrogens is 740 g/mol. The number of rotatable bonds is 12. The van der Waals surface area contributed by atoms with Crippen LogP contribution in [0.5, 0.6) is 0 Å². The van der Waals surface area contributed by atoms with E-state index < -0.39 is 15.8 Å². The van der Waals surface area contributed by atoms with Gasteiger partial charge in [-0.1, -0.05) is 64.4 Å². The molecule has 0 amide bonds. The molecule has 5 aromatic rings. The molecule has 0 bridgehead atoms. The van der Waals surface area contributed by atoms with Gasteiger partial charge < -0.3 is 19.6 Å². The van der Waals surface area contributed by atoms with E-state index in [1.807, 2.05) is 0 Å². The Morgan fingerprint density at radius 2 is 0.667 bits per heavy atom. The number of halogens is 1. The first-order valence-electron chi connectivity index (χ1n) is 15.8. The summed E-state index contributed by atoms with van der Waals surface area (Å²) in [6.45, 7) is 0. The average Bonchev–Trinajstić information content (AvgIpc) is 3.11. The third-order valence-electron chi connectivity index (χ3n) is 8.30. The maximum absolute atomic E-state index is 4.49. The van der Waals surface area contributed by atoms with Gasteiger partial charge in [-0.3, -0.25) is 0 Å². The molecule has 5 aromatic carbocycles. The molecule has 0 unspecified atom stereocenters. The first kappa shape index (κ1) is 37.9. The van der Waals surface area contributed by atoms with Crippen LogP contribution < -0.4 is 40.8 Å². The Bertz CT molecular complexity index is 1470. The topological polar surface area (TPSA) is 13.0 Å². The monoisotopic (exact) mass is 786 g/mol. The Hall–Kier alpha value is -2.89. The molecule has 48 heavy (non-hydrogen) atoms. The fourth-order valence-electron chi connectivity index (χ4n) is 5.51. The van der Waals surface area contributed by atoms with Crippen molar-refractivity contribution in [2.45, 2.75) is 12.3 Å². The third kappa shape index (κ3) is 10.1. The maximum atomic E-state index is 4.49. The quantitative estimate of drug-likeness (QED) is 0.0731. The van der Waals surface area contributed by atoms with Gasteiger partial charge in [-0.15, -0.1) is 0 Å². The summed E-state index contributed by atoms with van der Waals surface area (Å²) in [5.41, 5.74) is 7.59. The molecule has 0 heterocycles. The van der Waals surface area contributed by atoms with E-state index in [1.165, 1.54) is 55.1 Å². The number of hydrogen-bond acceptors (Lipinski definition) is 4. The van der Waals surface area contributed by atoms with Crippen molar-refractivity contribution >= 4 is 69.3 Å². The van der Waals surface area contributed by atoms with Crippen LogP contribution >= 0.6 is 25.4 Å². The van der Waals surface area contributed by atoms with Gasteiger partial charge >= 0.3 is 27.7 Å². The molecule has 0 spiro atoms. The molecule has 0 aliphatic rings. The van der Waals surface area contributed by atoms with Crippen molar-refractivity contribution in [3.63, 3.8) is 0 Å². The predicted molar refractivity (Wildman–Crippen MR) is 214 cm³/mol. The summed E-state index contributed by atoms with van der Waals surface area (Å²) in [6, 6.07) is 46.9. The molecule has 0 aromatic heterocycles. The van der Waals surface area contributed by atoms with Gasteiger partial charge in [0.2, 0.25) is 0 Å². The normalized spacial score (nSPS) is 10.9. The molecule has 4 nitrogen and oxygen atoms in total. The van der Waals surface area contributed by atoms with E-state index in [4.69, 9.17) is 0 Å². The summed E-state index contributed by atoms with van der Waals surface area (Å²) in [6.07, 6.45) is 1.96. The van der Waals surface area contributed by atoms with E-state index in [9.17, 15) is 0 Å². The second kappa shape index (κ2) is 18.2. The number of benzene rings is 5. The Morgan fingerprint density at radius 3 is 0.875 bits per heavy atom. The molecule has 0 saturated carbocycles. The second-order valence-electron chi connectivity index (χ2n) is 12.6. The van der Waals surface area contributed by atoms with Crippen LogP contribution in [0.25, 0.3) is 0 Å². The van der Waals surface area contributed by atoms with Crippen molar-refractivity contribution in [3.8, 4) is 0 Å². The standard InChI is InChI=1S/C40H47N4P2.ClH.Pd/c1-41(2)33-12-20-37(21-13-33)45(38-22-14-34(15-23-38)42(3)4)29-31-10-9-11-32(28-31)30-46(39-24-16-35(17-25-39)43(5)6)40-26-18-36(19-27-40)44(7)8;;/h10-28H,29-30H2,1-8H3;1H;/q-1;;+2/p-1.